The van der Waals surface area contributed by atoms with E-state index >= 15 is 0 Å². The molecular weight excluding hydrogens is 200 g/mol. The van der Waals surface area contributed by atoms with E-state index in [0.29, 0.717) is 25.6 Å². The molecule has 0 spiro atoms. The second kappa shape index (κ2) is 5.50. The van der Waals surface area contributed by atoms with Crippen molar-refractivity contribution in [2.75, 3.05) is 26.3 Å². The summed E-state index contributed by atoms with van der Waals surface area (Å²) < 4.78 is 5.22. The minimum absolute atomic E-state index is 0.0330. The highest BCUT2D eigenvalue weighted by atomic mass is 16.7. The summed E-state index contributed by atoms with van der Waals surface area (Å²) in [6.07, 6.45) is 0.974. The molecule has 7 nitrogen and oxygen atoms in total. The van der Waals surface area contributed by atoms with Crippen LogP contribution in [0.3, 0.4) is 0 Å². The molecular formula is C8H16N4O3. The number of hydrazone groups is 1. The molecule has 7 heteroatoms. The quantitative estimate of drug-likeness (QED) is 0.305. The summed E-state index contributed by atoms with van der Waals surface area (Å²) in [4.78, 5) is 11.9. The summed E-state index contributed by atoms with van der Waals surface area (Å²) in [5.74, 6) is 0.361. The molecule has 1 saturated heterocycles. The highest BCUT2D eigenvalue weighted by Crippen LogP contribution is 2.13. The average molecular weight is 216 g/mol. The maximum atomic E-state index is 10.2. The molecule has 0 aromatic carbocycles. The molecule has 1 aliphatic rings. The van der Waals surface area contributed by atoms with E-state index in [9.17, 15) is 10.1 Å². The van der Waals surface area contributed by atoms with Gasteiger partial charge in [-0.25, -0.2) is 10.1 Å². The number of ether oxygens (including phenoxy) is 1. The van der Waals surface area contributed by atoms with Gasteiger partial charge in [0.15, 0.2) is 5.03 Å². The van der Waals surface area contributed by atoms with Crippen LogP contribution < -0.4 is 5.73 Å². The fourth-order valence-electron chi connectivity index (χ4n) is 1.57. The molecule has 1 unspecified atom stereocenters. The van der Waals surface area contributed by atoms with Crippen LogP contribution in [0.25, 0.3) is 0 Å². The monoisotopic (exact) mass is 216 g/mol. The number of nitro groups is 1. The molecule has 0 aromatic rings. The topological polar surface area (TPSA) is 94.0 Å². The van der Waals surface area contributed by atoms with E-state index in [-0.39, 0.29) is 5.96 Å². The molecule has 1 atom stereocenters. The van der Waals surface area contributed by atoms with E-state index in [1.807, 2.05) is 6.92 Å². The first-order chi connectivity index (χ1) is 7.13. The Morgan fingerprint density at radius 3 is 3.00 bits per heavy atom. The van der Waals surface area contributed by atoms with Crippen LogP contribution in [0.5, 0.6) is 0 Å². The zero-order valence-corrected chi connectivity index (χ0v) is 8.76. The van der Waals surface area contributed by atoms with Gasteiger partial charge in [-0.1, -0.05) is 0 Å². The maximum absolute atomic E-state index is 10.2. The van der Waals surface area contributed by atoms with E-state index in [0.717, 1.165) is 13.0 Å². The van der Waals surface area contributed by atoms with Gasteiger partial charge in [0.05, 0.1) is 6.61 Å². The Morgan fingerprint density at radius 1 is 1.80 bits per heavy atom. The van der Waals surface area contributed by atoms with Crippen LogP contribution in [0.4, 0.5) is 0 Å². The Morgan fingerprint density at radius 2 is 2.53 bits per heavy atom. The lowest BCUT2D eigenvalue weighted by molar-refractivity contribution is -0.485. The predicted molar refractivity (Wildman–Crippen MR) is 54.8 cm³/mol. The van der Waals surface area contributed by atoms with E-state index in [2.05, 4.69) is 5.10 Å². The molecule has 0 aliphatic carbocycles. The molecule has 1 rings (SSSR count). The lowest BCUT2D eigenvalue weighted by Crippen LogP contribution is -2.41. The van der Waals surface area contributed by atoms with Gasteiger partial charge in [0.25, 0.3) is 5.96 Å². The van der Waals surface area contributed by atoms with E-state index in [1.54, 1.807) is 4.90 Å². The van der Waals surface area contributed by atoms with Gasteiger partial charge in [0, 0.05) is 25.6 Å². The van der Waals surface area contributed by atoms with E-state index < -0.39 is 5.03 Å². The molecule has 1 heterocycles. The third-order valence-corrected chi connectivity index (χ3v) is 2.39. The predicted octanol–water partition coefficient (Wildman–Crippen LogP) is -0.149. The second-order valence-electron chi connectivity index (χ2n) is 3.46. The van der Waals surface area contributed by atoms with Crippen molar-refractivity contribution >= 4 is 5.96 Å². The SMILES string of the molecule is CCN(CC1CCOC1)C(N)=N[N+](=O)[O-]. The highest BCUT2D eigenvalue weighted by molar-refractivity contribution is 5.77. The van der Waals surface area contributed by atoms with Gasteiger partial charge in [-0.05, 0) is 13.3 Å². The normalized spacial score (nSPS) is 21.7. The van der Waals surface area contributed by atoms with Gasteiger partial charge in [0.2, 0.25) is 0 Å². The van der Waals surface area contributed by atoms with Crippen LogP contribution in [-0.4, -0.2) is 42.2 Å². The Bertz CT molecular complexity index is 250. The van der Waals surface area contributed by atoms with Crippen molar-refractivity contribution in [1.29, 1.82) is 0 Å². The molecule has 0 radical (unpaired) electrons. The maximum Gasteiger partial charge on any atom is 0.268 e. The van der Waals surface area contributed by atoms with Crippen LogP contribution in [0.15, 0.2) is 5.10 Å². The van der Waals surface area contributed by atoms with Crippen molar-refractivity contribution in [2.24, 2.45) is 16.8 Å². The summed E-state index contributed by atoms with van der Waals surface area (Å²) in [6.45, 7) is 4.62. The lowest BCUT2D eigenvalue weighted by Gasteiger charge is -2.22. The average Bonchev–Trinajstić information content (AvgIpc) is 2.65. The minimum Gasteiger partial charge on any atom is -0.381 e. The molecule has 86 valence electrons. The molecule has 0 aromatic heterocycles. The fourth-order valence-corrected chi connectivity index (χ4v) is 1.57. The van der Waals surface area contributed by atoms with Gasteiger partial charge < -0.3 is 15.4 Å². The molecule has 0 amide bonds. The van der Waals surface area contributed by atoms with Crippen LogP contribution >= 0.6 is 0 Å². The number of rotatable bonds is 4. The van der Waals surface area contributed by atoms with Crippen molar-refractivity contribution in [3.05, 3.63) is 10.1 Å². The third kappa shape index (κ3) is 3.70. The number of hydrogen-bond donors (Lipinski definition) is 1. The summed E-state index contributed by atoms with van der Waals surface area (Å²) in [5, 5.41) is 12.5. The molecule has 15 heavy (non-hydrogen) atoms. The Hall–Kier alpha value is -1.37. The molecule has 0 bridgehead atoms. The number of nitrogens with zero attached hydrogens (tertiary/aromatic N) is 3. The van der Waals surface area contributed by atoms with Gasteiger partial charge >= 0.3 is 0 Å². The van der Waals surface area contributed by atoms with Gasteiger partial charge in [-0.2, -0.15) is 0 Å². The number of nitrogens with two attached hydrogens (primary N) is 1. The fraction of sp³-hybridized carbons (Fsp3) is 0.875. The van der Waals surface area contributed by atoms with Crippen LogP contribution in [0.1, 0.15) is 13.3 Å². The second-order valence-corrected chi connectivity index (χ2v) is 3.46. The van der Waals surface area contributed by atoms with Crippen molar-refractivity contribution in [1.82, 2.24) is 4.90 Å². The smallest absolute Gasteiger partial charge is 0.268 e. The van der Waals surface area contributed by atoms with Gasteiger partial charge in [-0.15, -0.1) is 0 Å². The van der Waals surface area contributed by atoms with Gasteiger partial charge in [0.1, 0.15) is 5.10 Å². The third-order valence-electron chi connectivity index (χ3n) is 2.39. The van der Waals surface area contributed by atoms with Crippen LogP contribution in [0, 0.1) is 16.0 Å². The largest absolute Gasteiger partial charge is 0.381 e. The molecule has 0 saturated carbocycles. The van der Waals surface area contributed by atoms with E-state index in [4.69, 9.17) is 10.5 Å². The van der Waals surface area contributed by atoms with Crippen molar-refractivity contribution in [2.45, 2.75) is 13.3 Å². The lowest BCUT2D eigenvalue weighted by atomic mass is 10.1. The van der Waals surface area contributed by atoms with Crippen molar-refractivity contribution in [3.63, 3.8) is 0 Å². The summed E-state index contributed by atoms with van der Waals surface area (Å²) in [6, 6.07) is 0. The summed E-state index contributed by atoms with van der Waals surface area (Å²) in [5.41, 5.74) is 5.50. The summed E-state index contributed by atoms with van der Waals surface area (Å²) in [7, 11) is 0. The minimum atomic E-state index is -0.775. The number of hydrogen-bond acceptors (Lipinski definition) is 3. The van der Waals surface area contributed by atoms with Crippen molar-refractivity contribution < 1.29 is 9.77 Å². The standard InChI is InChI=1S/C8H16N4O3/c1-2-11(8(9)10-12(13)14)5-7-3-4-15-6-7/h7H,2-6H2,1H3,(H2,9,10). The van der Waals surface area contributed by atoms with E-state index in [1.165, 1.54) is 0 Å². The van der Waals surface area contributed by atoms with Crippen molar-refractivity contribution in [3.8, 4) is 0 Å². The van der Waals surface area contributed by atoms with Crippen LogP contribution in [-0.2, 0) is 4.74 Å². The zero-order chi connectivity index (χ0) is 11.3. The highest BCUT2D eigenvalue weighted by Gasteiger charge is 2.20. The first kappa shape index (κ1) is 11.7. The Kier molecular flexibility index (Phi) is 4.29. The molecule has 1 fully saturated rings. The molecule has 2 N–H and O–H groups in total. The Labute approximate surface area is 88.0 Å². The number of guanidine groups is 1. The molecule has 1 aliphatic heterocycles. The first-order valence-corrected chi connectivity index (χ1v) is 4.94. The summed E-state index contributed by atoms with van der Waals surface area (Å²) >= 11 is 0. The van der Waals surface area contributed by atoms with Crippen LogP contribution in [0.2, 0.25) is 0 Å². The Balaban J connectivity index is 2.50. The zero-order valence-electron chi connectivity index (χ0n) is 8.76. The first-order valence-electron chi connectivity index (χ1n) is 4.94. The van der Waals surface area contributed by atoms with Gasteiger partial charge in [-0.3, -0.25) is 0 Å².